The number of nitriles is 1. The summed E-state index contributed by atoms with van der Waals surface area (Å²) >= 11 is 1.05. The van der Waals surface area contributed by atoms with Crippen LogP contribution in [-0.4, -0.2) is 54.8 Å². The van der Waals surface area contributed by atoms with Crippen molar-refractivity contribution in [2.45, 2.75) is 4.90 Å². The van der Waals surface area contributed by atoms with Crippen LogP contribution < -0.4 is 5.32 Å². The Bertz CT molecular complexity index is 559. The molecule has 2 amide bonds. The molecule has 0 unspecified atom stereocenters. The zero-order valence-corrected chi connectivity index (χ0v) is 12.5. The number of thiocyanates is 1. The molecule has 0 aliphatic carbocycles. The Kier molecular flexibility index (Phi) is 5.20. The van der Waals surface area contributed by atoms with Gasteiger partial charge in [0.1, 0.15) is 5.40 Å². The van der Waals surface area contributed by atoms with E-state index in [1.807, 2.05) is 12.4 Å². The van der Waals surface area contributed by atoms with Crippen molar-refractivity contribution in [2.75, 3.05) is 38.5 Å². The molecule has 21 heavy (non-hydrogen) atoms. The van der Waals surface area contributed by atoms with Crippen LogP contribution in [0, 0.1) is 10.7 Å². The number of amides is 2. The Hall–Kier alpha value is -2.04. The number of hydrogen-bond donors (Lipinski definition) is 1. The number of carbonyl (C=O) groups is 2. The Morgan fingerprint density at radius 3 is 2.38 bits per heavy atom. The smallest absolute Gasteiger partial charge is 0.313 e. The van der Waals surface area contributed by atoms with Crippen LogP contribution >= 0.6 is 11.8 Å². The molecule has 1 saturated heterocycles. The van der Waals surface area contributed by atoms with Gasteiger partial charge in [-0.25, -0.2) is 0 Å². The van der Waals surface area contributed by atoms with Crippen LogP contribution in [0.25, 0.3) is 0 Å². The Morgan fingerprint density at radius 1 is 1.19 bits per heavy atom. The molecule has 0 radical (unpaired) electrons. The van der Waals surface area contributed by atoms with E-state index >= 15 is 0 Å². The summed E-state index contributed by atoms with van der Waals surface area (Å²) in [6.07, 6.45) is 0. The standard InChI is InChI=1S/C14H16N4O2S/c1-17-6-8-18(9-7-17)14(20)13(19)16-11-2-4-12(5-3-11)21-10-15/h2-5H,6-9H2,1H3,(H,16,19). The average Bonchev–Trinajstić information content (AvgIpc) is 2.49. The van der Waals surface area contributed by atoms with Crippen LogP contribution in [0.15, 0.2) is 29.2 Å². The van der Waals surface area contributed by atoms with Crippen LogP contribution in [0.4, 0.5) is 5.69 Å². The zero-order valence-electron chi connectivity index (χ0n) is 11.7. The van der Waals surface area contributed by atoms with E-state index < -0.39 is 11.8 Å². The highest BCUT2D eigenvalue weighted by Gasteiger charge is 2.24. The van der Waals surface area contributed by atoms with Crippen molar-refractivity contribution in [1.82, 2.24) is 9.80 Å². The average molecular weight is 304 g/mol. The molecule has 1 aliphatic heterocycles. The first-order valence-corrected chi connectivity index (χ1v) is 7.36. The highest BCUT2D eigenvalue weighted by atomic mass is 32.2. The van der Waals surface area contributed by atoms with Crippen LogP contribution in [0.5, 0.6) is 0 Å². The van der Waals surface area contributed by atoms with Crippen LogP contribution in [-0.2, 0) is 9.59 Å². The Morgan fingerprint density at radius 2 is 1.81 bits per heavy atom. The third kappa shape index (κ3) is 4.21. The van der Waals surface area contributed by atoms with E-state index in [1.54, 1.807) is 29.2 Å². The molecule has 6 nitrogen and oxygen atoms in total. The van der Waals surface area contributed by atoms with Gasteiger partial charge < -0.3 is 15.1 Å². The topological polar surface area (TPSA) is 76.4 Å². The first-order valence-electron chi connectivity index (χ1n) is 6.55. The number of piperazine rings is 1. The second-order valence-electron chi connectivity index (χ2n) is 4.77. The maximum atomic E-state index is 12.0. The molecule has 0 aromatic heterocycles. The molecule has 0 saturated carbocycles. The maximum absolute atomic E-state index is 12.0. The van der Waals surface area contributed by atoms with Gasteiger partial charge in [-0.05, 0) is 43.1 Å². The second kappa shape index (κ2) is 7.11. The van der Waals surface area contributed by atoms with E-state index in [4.69, 9.17) is 5.26 Å². The summed E-state index contributed by atoms with van der Waals surface area (Å²) in [6.45, 7) is 2.69. The SMILES string of the molecule is CN1CCN(C(=O)C(=O)Nc2ccc(SC#N)cc2)CC1. The monoisotopic (exact) mass is 304 g/mol. The van der Waals surface area contributed by atoms with Crippen molar-refractivity contribution >= 4 is 29.3 Å². The zero-order chi connectivity index (χ0) is 15.2. The normalized spacial score (nSPS) is 15.3. The second-order valence-corrected chi connectivity index (χ2v) is 5.63. The fourth-order valence-corrected chi connectivity index (χ4v) is 2.37. The van der Waals surface area contributed by atoms with Crippen molar-refractivity contribution in [2.24, 2.45) is 0 Å². The molecule has 110 valence electrons. The molecule has 1 heterocycles. The molecular formula is C14H16N4O2S. The third-order valence-electron chi connectivity index (χ3n) is 3.26. The minimum Gasteiger partial charge on any atom is -0.332 e. The minimum absolute atomic E-state index is 0.501. The summed E-state index contributed by atoms with van der Waals surface area (Å²) in [4.78, 5) is 28.4. The predicted octanol–water partition coefficient (Wildman–Crippen LogP) is 0.972. The largest absolute Gasteiger partial charge is 0.332 e. The molecule has 1 aliphatic rings. The summed E-state index contributed by atoms with van der Waals surface area (Å²) in [5, 5.41) is 13.1. The number of hydrogen-bond acceptors (Lipinski definition) is 5. The lowest BCUT2D eigenvalue weighted by Crippen LogP contribution is -2.50. The van der Waals surface area contributed by atoms with Crippen molar-refractivity contribution < 1.29 is 9.59 Å². The number of likely N-dealkylation sites (N-methyl/N-ethyl adjacent to an activating group) is 1. The van der Waals surface area contributed by atoms with Gasteiger partial charge in [0.05, 0.1) is 0 Å². The number of nitrogens with zero attached hydrogens (tertiary/aromatic N) is 3. The fourth-order valence-electron chi connectivity index (χ4n) is 2.00. The van der Waals surface area contributed by atoms with E-state index in [0.29, 0.717) is 18.8 Å². The first kappa shape index (κ1) is 15.4. The highest BCUT2D eigenvalue weighted by molar-refractivity contribution is 8.03. The van der Waals surface area contributed by atoms with Crippen molar-refractivity contribution in [3.8, 4) is 5.40 Å². The molecular weight excluding hydrogens is 288 g/mol. The highest BCUT2D eigenvalue weighted by Crippen LogP contribution is 2.19. The lowest BCUT2D eigenvalue weighted by molar-refractivity contribution is -0.144. The summed E-state index contributed by atoms with van der Waals surface area (Å²) in [7, 11) is 1.99. The number of rotatable bonds is 2. The van der Waals surface area contributed by atoms with Gasteiger partial charge in [-0.3, -0.25) is 9.59 Å². The lowest BCUT2D eigenvalue weighted by Gasteiger charge is -2.31. The van der Waals surface area contributed by atoms with Gasteiger partial charge in [0, 0.05) is 36.8 Å². The molecule has 0 bridgehead atoms. The van der Waals surface area contributed by atoms with E-state index in [1.165, 1.54) is 0 Å². The number of benzene rings is 1. The van der Waals surface area contributed by atoms with Gasteiger partial charge in [0.15, 0.2) is 0 Å². The van der Waals surface area contributed by atoms with Gasteiger partial charge in [-0.15, -0.1) is 0 Å². The Labute approximate surface area is 127 Å². The maximum Gasteiger partial charge on any atom is 0.313 e. The quantitative estimate of drug-likeness (QED) is 0.500. The van der Waals surface area contributed by atoms with Crippen molar-refractivity contribution in [3.05, 3.63) is 24.3 Å². The Balaban J connectivity index is 1.91. The molecule has 1 aromatic carbocycles. The van der Waals surface area contributed by atoms with Gasteiger partial charge in [-0.1, -0.05) is 0 Å². The van der Waals surface area contributed by atoms with Crippen LogP contribution in [0.1, 0.15) is 0 Å². The summed E-state index contributed by atoms with van der Waals surface area (Å²) in [5.41, 5.74) is 0.546. The molecule has 7 heteroatoms. The van der Waals surface area contributed by atoms with Gasteiger partial charge in [-0.2, -0.15) is 5.26 Å². The number of nitrogens with one attached hydrogen (secondary N) is 1. The van der Waals surface area contributed by atoms with Gasteiger partial charge >= 0.3 is 11.8 Å². The van der Waals surface area contributed by atoms with Gasteiger partial charge in [0.25, 0.3) is 0 Å². The molecule has 0 spiro atoms. The molecule has 1 N–H and O–H groups in total. The van der Waals surface area contributed by atoms with Crippen molar-refractivity contribution in [3.63, 3.8) is 0 Å². The fraction of sp³-hybridized carbons (Fsp3) is 0.357. The predicted molar refractivity (Wildman–Crippen MR) is 80.6 cm³/mol. The summed E-state index contributed by atoms with van der Waals surface area (Å²) < 4.78 is 0. The molecule has 2 rings (SSSR count). The summed E-state index contributed by atoms with van der Waals surface area (Å²) in [6, 6.07) is 6.80. The first-order chi connectivity index (χ1) is 10.1. The number of carbonyl (C=O) groups excluding carboxylic acids is 2. The van der Waals surface area contributed by atoms with E-state index in [-0.39, 0.29) is 0 Å². The molecule has 0 atom stereocenters. The van der Waals surface area contributed by atoms with Crippen molar-refractivity contribution in [1.29, 1.82) is 5.26 Å². The van der Waals surface area contributed by atoms with E-state index in [0.717, 1.165) is 29.7 Å². The minimum atomic E-state index is -0.625. The van der Waals surface area contributed by atoms with Gasteiger partial charge in [0.2, 0.25) is 0 Å². The van der Waals surface area contributed by atoms with E-state index in [9.17, 15) is 9.59 Å². The molecule has 1 aromatic rings. The molecule has 1 fully saturated rings. The van der Waals surface area contributed by atoms with Crippen LogP contribution in [0.3, 0.4) is 0 Å². The number of anilines is 1. The van der Waals surface area contributed by atoms with E-state index in [2.05, 4.69) is 10.2 Å². The van der Waals surface area contributed by atoms with Crippen LogP contribution in [0.2, 0.25) is 0 Å². The summed E-state index contributed by atoms with van der Waals surface area (Å²) in [5.74, 6) is -1.13. The number of thioether (sulfide) groups is 1. The third-order valence-corrected chi connectivity index (χ3v) is 3.86. The lowest BCUT2D eigenvalue weighted by atomic mass is 10.3.